The van der Waals surface area contributed by atoms with Gasteiger partial charge in [0.1, 0.15) is 0 Å². The molecule has 2 saturated heterocycles. The van der Waals surface area contributed by atoms with Crippen molar-refractivity contribution in [2.75, 3.05) is 33.3 Å². The Hall–Kier alpha value is -0.120. The van der Waals surface area contributed by atoms with Gasteiger partial charge in [0.15, 0.2) is 0 Å². The van der Waals surface area contributed by atoms with E-state index in [1.165, 1.54) is 45.3 Å². The first kappa shape index (κ1) is 13.3. The number of nitrogens with one attached hydrogen (secondary N) is 1. The lowest BCUT2D eigenvalue weighted by molar-refractivity contribution is 0.0536. The van der Waals surface area contributed by atoms with Crippen LogP contribution >= 0.6 is 0 Å². The second-order valence-electron chi connectivity index (χ2n) is 5.98. The van der Waals surface area contributed by atoms with Gasteiger partial charge in [-0.25, -0.2) is 0 Å². The molecule has 0 amide bonds. The minimum absolute atomic E-state index is 0.408. The molecule has 2 aliphatic rings. The number of ether oxygens (including phenoxy) is 1. The normalized spacial score (nSPS) is 38.8. The smallest absolute Gasteiger partial charge is 0.0702 e. The van der Waals surface area contributed by atoms with Gasteiger partial charge in [0, 0.05) is 25.7 Å². The van der Waals surface area contributed by atoms with Crippen molar-refractivity contribution in [2.24, 2.45) is 5.41 Å². The van der Waals surface area contributed by atoms with Crippen molar-refractivity contribution in [1.82, 2.24) is 10.2 Å². The standard InChI is InChI=1S/C14H28N2O/c1-4-14(7-5-8-15-10-14)11-16(3)13-6-9-17-12(13)2/h12-13,15H,4-11H2,1-3H3. The van der Waals surface area contributed by atoms with Crippen LogP contribution in [0, 0.1) is 5.41 Å². The zero-order chi connectivity index (χ0) is 12.3. The SMILES string of the molecule is CCC1(CN(C)C2CCOC2C)CCCNC1. The number of rotatable bonds is 4. The van der Waals surface area contributed by atoms with Crippen molar-refractivity contribution in [1.29, 1.82) is 0 Å². The minimum Gasteiger partial charge on any atom is -0.377 e. The van der Waals surface area contributed by atoms with Gasteiger partial charge in [-0.1, -0.05) is 6.92 Å². The molecule has 2 rings (SSSR count). The van der Waals surface area contributed by atoms with Crippen molar-refractivity contribution < 1.29 is 4.74 Å². The van der Waals surface area contributed by atoms with Gasteiger partial charge < -0.3 is 15.0 Å². The summed E-state index contributed by atoms with van der Waals surface area (Å²) in [7, 11) is 2.28. The molecular formula is C14H28N2O. The third-order valence-electron chi connectivity index (χ3n) is 4.80. The van der Waals surface area contributed by atoms with Gasteiger partial charge in [0.25, 0.3) is 0 Å². The average molecular weight is 240 g/mol. The molecule has 2 heterocycles. The molecule has 2 aliphatic heterocycles. The van der Waals surface area contributed by atoms with E-state index in [2.05, 4.69) is 31.1 Å². The molecule has 3 heteroatoms. The molecule has 3 nitrogen and oxygen atoms in total. The van der Waals surface area contributed by atoms with Crippen LogP contribution in [0.1, 0.15) is 39.5 Å². The Labute approximate surface area is 106 Å². The molecule has 0 radical (unpaired) electrons. The molecule has 0 aromatic heterocycles. The molecule has 0 aromatic rings. The van der Waals surface area contributed by atoms with Gasteiger partial charge in [-0.15, -0.1) is 0 Å². The van der Waals surface area contributed by atoms with Gasteiger partial charge >= 0.3 is 0 Å². The highest BCUT2D eigenvalue weighted by Gasteiger charge is 2.35. The molecule has 100 valence electrons. The second kappa shape index (κ2) is 5.68. The summed E-state index contributed by atoms with van der Waals surface area (Å²) >= 11 is 0. The molecule has 0 bridgehead atoms. The van der Waals surface area contributed by atoms with Crippen molar-refractivity contribution in [2.45, 2.75) is 51.7 Å². The van der Waals surface area contributed by atoms with Gasteiger partial charge in [-0.05, 0) is 51.6 Å². The molecule has 0 spiro atoms. The summed E-state index contributed by atoms with van der Waals surface area (Å²) in [6.07, 6.45) is 5.60. The Kier molecular flexibility index (Phi) is 4.45. The van der Waals surface area contributed by atoms with Crippen LogP contribution in [0.5, 0.6) is 0 Å². The summed E-state index contributed by atoms with van der Waals surface area (Å²) in [4.78, 5) is 2.55. The summed E-state index contributed by atoms with van der Waals surface area (Å²) in [5.74, 6) is 0. The lowest BCUT2D eigenvalue weighted by Crippen LogP contribution is -2.49. The molecule has 17 heavy (non-hydrogen) atoms. The quantitative estimate of drug-likeness (QED) is 0.812. The topological polar surface area (TPSA) is 24.5 Å². The first-order valence-corrected chi connectivity index (χ1v) is 7.19. The molecule has 0 aromatic carbocycles. The lowest BCUT2D eigenvalue weighted by Gasteiger charge is -2.42. The summed E-state index contributed by atoms with van der Waals surface area (Å²) in [5, 5.41) is 3.58. The Morgan fingerprint density at radius 3 is 2.82 bits per heavy atom. The first-order chi connectivity index (χ1) is 8.17. The summed E-state index contributed by atoms with van der Waals surface area (Å²) in [6, 6.07) is 0.625. The fourth-order valence-corrected chi connectivity index (χ4v) is 3.52. The number of likely N-dealkylation sites (N-methyl/N-ethyl adjacent to an activating group) is 1. The van der Waals surface area contributed by atoms with E-state index in [-0.39, 0.29) is 0 Å². The lowest BCUT2D eigenvalue weighted by atomic mass is 9.77. The van der Waals surface area contributed by atoms with Crippen LogP contribution in [-0.4, -0.2) is 50.3 Å². The van der Waals surface area contributed by atoms with Crippen molar-refractivity contribution >= 4 is 0 Å². The maximum atomic E-state index is 5.68. The maximum absolute atomic E-state index is 5.68. The molecule has 1 N–H and O–H groups in total. The number of nitrogens with zero attached hydrogens (tertiary/aromatic N) is 1. The van der Waals surface area contributed by atoms with Crippen LogP contribution in [-0.2, 0) is 4.74 Å². The largest absolute Gasteiger partial charge is 0.377 e. The monoisotopic (exact) mass is 240 g/mol. The van der Waals surface area contributed by atoms with Crippen LogP contribution in [0.25, 0.3) is 0 Å². The Morgan fingerprint density at radius 2 is 2.29 bits per heavy atom. The van der Waals surface area contributed by atoms with E-state index < -0.39 is 0 Å². The van der Waals surface area contributed by atoms with Gasteiger partial charge in [0.2, 0.25) is 0 Å². The summed E-state index contributed by atoms with van der Waals surface area (Å²) in [5.41, 5.74) is 0.495. The van der Waals surface area contributed by atoms with Crippen LogP contribution in [0.4, 0.5) is 0 Å². The highest BCUT2D eigenvalue weighted by Crippen LogP contribution is 2.32. The highest BCUT2D eigenvalue weighted by molar-refractivity contribution is 4.90. The third kappa shape index (κ3) is 3.01. The van der Waals surface area contributed by atoms with Gasteiger partial charge in [0.05, 0.1) is 6.10 Å². The Bertz CT molecular complexity index is 238. The van der Waals surface area contributed by atoms with Crippen molar-refractivity contribution in [3.8, 4) is 0 Å². The molecule has 3 unspecified atom stereocenters. The van der Waals surface area contributed by atoms with E-state index in [4.69, 9.17) is 4.74 Å². The van der Waals surface area contributed by atoms with Gasteiger partial charge in [-0.2, -0.15) is 0 Å². The second-order valence-corrected chi connectivity index (χ2v) is 5.98. The predicted molar refractivity (Wildman–Crippen MR) is 71.3 cm³/mol. The number of hydrogen-bond donors (Lipinski definition) is 1. The van der Waals surface area contributed by atoms with E-state index in [0.717, 1.165) is 6.61 Å². The van der Waals surface area contributed by atoms with Gasteiger partial charge in [-0.3, -0.25) is 0 Å². The van der Waals surface area contributed by atoms with E-state index >= 15 is 0 Å². The summed E-state index contributed by atoms with van der Waals surface area (Å²) in [6.45, 7) is 9.11. The van der Waals surface area contributed by atoms with Crippen LogP contribution in [0.3, 0.4) is 0 Å². The number of piperidine rings is 1. The Balaban J connectivity index is 1.93. The van der Waals surface area contributed by atoms with E-state index in [1.807, 2.05) is 0 Å². The fraction of sp³-hybridized carbons (Fsp3) is 1.00. The average Bonchev–Trinajstić information content (AvgIpc) is 2.77. The molecule has 0 saturated carbocycles. The zero-order valence-electron chi connectivity index (χ0n) is 11.7. The van der Waals surface area contributed by atoms with Crippen LogP contribution in [0.2, 0.25) is 0 Å². The van der Waals surface area contributed by atoms with Crippen LogP contribution < -0.4 is 5.32 Å². The fourth-order valence-electron chi connectivity index (χ4n) is 3.52. The Morgan fingerprint density at radius 1 is 1.47 bits per heavy atom. The summed E-state index contributed by atoms with van der Waals surface area (Å²) < 4.78 is 5.68. The maximum Gasteiger partial charge on any atom is 0.0702 e. The molecular weight excluding hydrogens is 212 g/mol. The van der Waals surface area contributed by atoms with Crippen molar-refractivity contribution in [3.63, 3.8) is 0 Å². The van der Waals surface area contributed by atoms with Crippen LogP contribution in [0.15, 0.2) is 0 Å². The van der Waals surface area contributed by atoms with E-state index in [1.54, 1.807) is 0 Å². The molecule has 3 atom stereocenters. The van der Waals surface area contributed by atoms with E-state index in [9.17, 15) is 0 Å². The zero-order valence-corrected chi connectivity index (χ0v) is 11.7. The highest BCUT2D eigenvalue weighted by atomic mass is 16.5. The number of hydrogen-bond acceptors (Lipinski definition) is 3. The first-order valence-electron chi connectivity index (χ1n) is 7.19. The van der Waals surface area contributed by atoms with Crippen molar-refractivity contribution in [3.05, 3.63) is 0 Å². The molecule has 0 aliphatic carbocycles. The van der Waals surface area contributed by atoms with E-state index in [0.29, 0.717) is 17.6 Å². The third-order valence-corrected chi connectivity index (χ3v) is 4.80. The minimum atomic E-state index is 0.408. The molecule has 2 fully saturated rings. The predicted octanol–water partition coefficient (Wildman–Crippen LogP) is 1.88.